The van der Waals surface area contributed by atoms with E-state index < -0.39 is 0 Å². The summed E-state index contributed by atoms with van der Waals surface area (Å²) in [6, 6.07) is 25.0. The highest BCUT2D eigenvalue weighted by atomic mass is 16.5. The van der Waals surface area contributed by atoms with Crippen molar-refractivity contribution in [3.05, 3.63) is 101 Å². The van der Waals surface area contributed by atoms with E-state index in [1.807, 2.05) is 24.3 Å². The van der Waals surface area contributed by atoms with E-state index in [2.05, 4.69) is 81.5 Å². The fourth-order valence-electron chi connectivity index (χ4n) is 3.51. The van der Waals surface area contributed by atoms with Gasteiger partial charge in [-0.1, -0.05) is 69.3 Å². The van der Waals surface area contributed by atoms with Crippen LogP contribution in [0.15, 0.2) is 83.9 Å². The second kappa shape index (κ2) is 8.08. The minimum atomic E-state index is 0.146. The Morgan fingerprint density at radius 2 is 1.55 bits per heavy atom. The molecule has 0 radical (unpaired) electrons. The number of aliphatic imine (C=N–C) groups is 1. The van der Waals surface area contributed by atoms with Crippen LogP contribution < -0.4 is 4.74 Å². The Morgan fingerprint density at radius 1 is 0.828 bits per heavy atom. The molecule has 1 aliphatic heterocycles. The second-order valence-corrected chi connectivity index (χ2v) is 8.46. The lowest BCUT2D eigenvalue weighted by Gasteiger charge is -2.19. The Kier molecular flexibility index (Phi) is 5.35. The number of allylic oxidation sites excluding steroid dienone is 1. The molecule has 4 rings (SSSR count). The van der Waals surface area contributed by atoms with Gasteiger partial charge in [-0.2, -0.15) is 0 Å². The largest absolute Gasteiger partial charge is 0.457 e. The average molecular weight is 382 g/mol. The van der Waals surface area contributed by atoms with Gasteiger partial charge in [0, 0.05) is 12.1 Å². The molecule has 0 aromatic heterocycles. The van der Waals surface area contributed by atoms with Crippen molar-refractivity contribution >= 4 is 11.8 Å². The van der Waals surface area contributed by atoms with Crippen LogP contribution >= 0.6 is 0 Å². The van der Waals surface area contributed by atoms with Gasteiger partial charge in [-0.3, -0.25) is 4.99 Å². The molecular formula is C27H27NO. The van der Waals surface area contributed by atoms with Crippen molar-refractivity contribution in [1.29, 1.82) is 0 Å². The normalized spacial score (nSPS) is 13.8. The molecule has 0 aliphatic carbocycles. The van der Waals surface area contributed by atoms with Gasteiger partial charge in [-0.05, 0) is 64.9 Å². The monoisotopic (exact) mass is 381 g/mol. The zero-order valence-corrected chi connectivity index (χ0v) is 17.4. The summed E-state index contributed by atoms with van der Waals surface area (Å²) in [6.45, 7) is 7.47. The number of hydrogen-bond donors (Lipinski definition) is 0. The molecule has 0 saturated heterocycles. The van der Waals surface area contributed by atoms with Crippen molar-refractivity contribution in [1.82, 2.24) is 0 Å². The van der Waals surface area contributed by atoms with Gasteiger partial charge >= 0.3 is 0 Å². The van der Waals surface area contributed by atoms with Gasteiger partial charge in [0.05, 0.1) is 5.71 Å². The fourth-order valence-corrected chi connectivity index (χ4v) is 3.51. The molecule has 0 spiro atoms. The molecule has 1 heterocycles. The van der Waals surface area contributed by atoms with E-state index in [-0.39, 0.29) is 5.41 Å². The maximum Gasteiger partial charge on any atom is 0.127 e. The van der Waals surface area contributed by atoms with Gasteiger partial charge in [0.2, 0.25) is 0 Å². The summed E-state index contributed by atoms with van der Waals surface area (Å²) < 4.78 is 6.12. The van der Waals surface area contributed by atoms with Crippen LogP contribution in [-0.4, -0.2) is 12.3 Å². The summed E-state index contributed by atoms with van der Waals surface area (Å²) >= 11 is 0. The molecule has 3 aromatic carbocycles. The predicted molar refractivity (Wildman–Crippen MR) is 122 cm³/mol. The summed E-state index contributed by atoms with van der Waals surface area (Å²) in [7, 11) is 0. The van der Waals surface area contributed by atoms with Gasteiger partial charge in [0.1, 0.15) is 11.5 Å². The Balaban J connectivity index is 1.52. The van der Waals surface area contributed by atoms with Crippen molar-refractivity contribution in [2.24, 2.45) is 4.99 Å². The third-order valence-corrected chi connectivity index (χ3v) is 5.21. The number of hydrogen-bond acceptors (Lipinski definition) is 2. The first kappa shape index (κ1) is 19.2. The summed E-state index contributed by atoms with van der Waals surface area (Å²) in [5.74, 6) is 1.74. The highest BCUT2D eigenvalue weighted by Crippen LogP contribution is 2.29. The van der Waals surface area contributed by atoms with Gasteiger partial charge in [0.15, 0.2) is 0 Å². The van der Waals surface area contributed by atoms with Gasteiger partial charge in [0.25, 0.3) is 0 Å². The molecule has 0 amide bonds. The molecule has 1 aliphatic rings. The highest BCUT2D eigenvalue weighted by molar-refractivity contribution is 6.12. The van der Waals surface area contributed by atoms with Crippen LogP contribution in [0.4, 0.5) is 0 Å². The molecule has 0 bridgehead atoms. The molecule has 29 heavy (non-hydrogen) atoms. The zero-order valence-electron chi connectivity index (χ0n) is 17.4. The topological polar surface area (TPSA) is 21.6 Å². The van der Waals surface area contributed by atoms with Crippen LogP contribution in [-0.2, 0) is 11.8 Å². The summed E-state index contributed by atoms with van der Waals surface area (Å²) in [5, 5.41) is 0. The maximum absolute atomic E-state index is 6.12. The SMILES string of the molecule is CC(C)(C)c1ccc(Oc2ccc3c(c2)CCN=C3/C=C/c2ccccc2)cc1. The Labute approximate surface area is 173 Å². The standard InChI is InChI=1S/C27H27NO/c1-27(2,3)22-10-12-23(13-11-22)29-24-14-15-25-21(19-24)17-18-28-26(25)16-9-20-7-5-4-6-8-20/h4-16,19H,17-18H2,1-3H3/b16-9+. The molecule has 2 heteroatoms. The first-order valence-corrected chi connectivity index (χ1v) is 10.2. The van der Waals surface area contributed by atoms with Crippen LogP contribution in [0.5, 0.6) is 11.5 Å². The van der Waals surface area contributed by atoms with Crippen molar-refractivity contribution in [2.45, 2.75) is 32.6 Å². The van der Waals surface area contributed by atoms with E-state index in [1.165, 1.54) is 22.3 Å². The van der Waals surface area contributed by atoms with Crippen molar-refractivity contribution in [3.63, 3.8) is 0 Å². The van der Waals surface area contributed by atoms with E-state index in [9.17, 15) is 0 Å². The van der Waals surface area contributed by atoms with Crippen molar-refractivity contribution < 1.29 is 4.74 Å². The maximum atomic E-state index is 6.12. The summed E-state index contributed by atoms with van der Waals surface area (Å²) in [4.78, 5) is 4.72. The predicted octanol–water partition coefficient (Wildman–Crippen LogP) is 6.84. The third-order valence-electron chi connectivity index (χ3n) is 5.21. The quantitative estimate of drug-likeness (QED) is 0.485. The molecule has 0 N–H and O–H groups in total. The molecular weight excluding hydrogens is 354 g/mol. The molecule has 0 atom stereocenters. The van der Waals surface area contributed by atoms with Crippen LogP contribution in [0.25, 0.3) is 6.08 Å². The number of fused-ring (bicyclic) bond motifs is 1. The molecule has 0 unspecified atom stereocenters. The molecule has 2 nitrogen and oxygen atoms in total. The number of rotatable bonds is 4. The molecule has 3 aromatic rings. The van der Waals surface area contributed by atoms with Crippen LogP contribution in [0.3, 0.4) is 0 Å². The Bertz CT molecular complexity index is 1040. The van der Waals surface area contributed by atoms with E-state index in [1.54, 1.807) is 0 Å². The minimum Gasteiger partial charge on any atom is -0.457 e. The number of nitrogens with zero attached hydrogens (tertiary/aromatic N) is 1. The van der Waals surface area contributed by atoms with Crippen LogP contribution in [0.2, 0.25) is 0 Å². The van der Waals surface area contributed by atoms with Gasteiger partial charge in [-0.15, -0.1) is 0 Å². The first-order valence-electron chi connectivity index (χ1n) is 10.2. The van der Waals surface area contributed by atoms with Crippen molar-refractivity contribution in [3.8, 4) is 11.5 Å². The average Bonchev–Trinajstić information content (AvgIpc) is 2.72. The second-order valence-electron chi connectivity index (χ2n) is 8.46. The zero-order chi connectivity index (χ0) is 20.3. The van der Waals surface area contributed by atoms with Crippen LogP contribution in [0, 0.1) is 0 Å². The van der Waals surface area contributed by atoms with Crippen molar-refractivity contribution in [2.75, 3.05) is 6.54 Å². The van der Waals surface area contributed by atoms with Gasteiger partial charge < -0.3 is 4.74 Å². The molecule has 146 valence electrons. The van der Waals surface area contributed by atoms with E-state index in [4.69, 9.17) is 9.73 Å². The molecule has 0 saturated carbocycles. The third kappa shape index (κ3) is 4.65. The summed E-state index contributed by atoms with van der Waals surface area (Å²) in [6.07, 6.45) is 5.17. The smallest absolute Gasteiger partial charge is 0.127 e. The van der Waals surface area contributed by atoms with E-state index in [0.29, 0.717) is 0 Å². The summed E-state index contributed by atoms with van der Waals surface area (Å²) in [5.41, 5.74) is 6.15. The highest BCUT2D eigenvalue weighted by Gasteiger charge is 2.15. The van der Waals surface area contributed by atoms with Gasteiger partial charge in [-0.25, -0.2) is 0 Å². The number of ether oxygens (including phenoxy) is 1. The minimum absolute atomic E-state index is 0.146. The number of benzene rings is 3. The van der Waals surface area contributed by atoms with E-state index in [0.717, 1.165) is 30.2 Å². The lowest BCUT2D eigenvalue weighted by molar-refractivity contribution is 0.480. The Morgan fingerprint density at radius 3 is 2.28 bits per heavy atom. The molecule has 0 fully saturated rings. The fraction of sp³-hybridized carbons (Fsp3) is 0.222. The van der Waals surface area contributed by atoms with Crippen LogP contribution in [0.1, 0.15) is 43.0 Å². The van der Waals surface area contributed by atoms with E-state index >= 15 is 0 Å². The first-order chi connectivity index (χ1) is 14.0. The lowest BCUT2D eigenvalue weighted by Crippen LogP contribution is -2.11. The lowest BCUT2D eigenvalue weighted by atomic mass is 9.87. The Hall–Kier alpha value is -3.13.